The zero-order chi connectivity index (χ0) is 21.3. The molecule has 0 aliphatic rings. The van der Waals surface area contributed by atoms with Crippen molar-refractivity contribution < 1.29 is 9.59 Å². The van der Waals surface area contributed by atoms with Gasteiger partial charge in [0.1, 0.15) is 6.04 Å². The summed E-state index contributed by atoms with van der Waals surface area (Å²) >= 11 is 1.61. The van der Waals surface area contributed by atoms with Crippen LogP contribution in [0.3, 0.4) is 0 Å². The summed E-state index contributed by atoms with van der Waals surface area (Å²) in [6.45, 7) is 2.63. The quantitative estimate of drug-likeness (QED) is 0.486. The summed E-state index contributed by atoms with van der Waals surface area (Å²) < 4.78 is 1.14. The van der Waals surface area contributed by atoms with Crippen LogP contribution >= 0.6 is 11.3 Å². The maximum absolute atomic E-state index is 12.7. The molecule has 154 valence electrons. The predicted octanol–water partition coefficient (Wildman–Crippen LogP) is 3.65. The van der Waals surface area contributed by atoms with Gasteiger partial charge in [0, 0.05) is 24.2 Å². The van der Waals surface area contributed by atoms with E-state index in [4.69, 9.17) is 5.26 Å². The van der Waals surface area contributed by atoms with Crippen LogP contribution in [0.2, 0.25) is 0 Å². The number of hydrogen-bond donors (Lipinski definition) is 3. The normalized spacial score (nSPS) is 11.5. The number of urea groups is 1. The van der Waals surface area contributed by atoms with Crippen LogP contribution in [0.5, 0.6) is 0 Å². The first-order valence-corrected chi connectivity index (χ1v) is 10.6. The predicted molar refractivity (Wildman–Crippen MR) is 119 cm³/mol. The molecule has 7 heteroatoms. The zero-order valence-electron chi connectivity index (χ0n) is 16.8. The molecule has 3 amide bonds. The van der Waals surface area contributed by atoms with Gasteiger partial charge in [-0.15, -0.1) is 11.3 Å². The maximum Gasteiger partial charge on any atom is 0.315 e. The molecule has 0 saturated heterocycles. The Labute approximate surface area is 179 Å². The highest BCUT2D eigenvalue weighted by atomic mass is 32.1. The average Bonchev–Trinajstić information content (AvgIpc) is 3.16. The van der Waals surface area contributed by atoms with E-state index in [1.807, 2.05) is 66.9 Å². The van der Waals surface area contributed by atoms with Gasteiger partial charge < -0.3 is 16.0 Å². The summed E-state index contributed by atoms with van der Waals surface area (Å²) in [5.74, 6) is -0.300. The molecule has 1 heterocycles. The Morgan fingerprint density at radius 2 is 1.87 bits per heavy atom. The molecule has 1 unspecified atom stereocenters. The van der Waals surface area contributed by atoms with Crippen molar-refractivity contribution in [3.63, 3.8) is 0 Å². The molecule has 3 N–H and O–H groups in total. The van der Waals surface area contributed by atoms with E-state index < -0.39 is 12.1 Å². The second-order valence-corrected chi connectivity index (χ2v) is 7.94. The van der Waals surface area contributed by atoms with E-state index in [1.165, 1.54) is 0 Å². The molecular weight excluding hydrogens is 396 g/mol. The summed E-state index contributed by atoms with van der Waals surface area (Å²) in [5.41, 5.74) is 3.14. The number of thiophene rings is 1. The van der Waals surface area contributed by atoms with Crippen LogP contribution in [0.1, 0.15) is 23.1 Å². The van der Waals surface area contributed by atoms with Crippen LogP contribution in [0.25, 0.3) is 10.1 Å². The van der Waals surface area contributed by atoms with Crippen molar-refractivity contribution in [1.29, 1.82) is 5.26 Å². The van der Waals surface area contributed by atoms with E-state index in [2.05, 4.69) is 16.0 Å². The SMILES string of the molecule is Cc1ccc(CNC(=O)NC(Cc2csc3ccccc23)C(=O)NCCC#N)cc1. The standard InChI is InChI=1S/C23H24N4O2S/c1-16-7-9-17(10-8-16)14-26-23(29)27-20(22(28)25-12-4-11-24)13-18-15-30-21-6-3-2-5-19(18)21/h2-3,5-10,15,20H,4,12-14H2,1H3,(H,25,28)(H2,26,27,29). The van der Waals surface area contributed by atoms with Gasteiger partial charge in [-0.3, -0.25) is 4.79 Å². The molecule has 30 heavy (non-hydrogen) atoms. The Bertz CT molecular complexity index is 1050. The topological polar surface area (TPSA) is 94.0 Å². The van der Waals surface area contributed by atoms with Crippen molar-refractivity contribution in [2.45, 2.75) is 32.4 Å². The third-order valence-corrected chi connectivity index (χ3v) is 5.73. The first-order chi connectivity index (χ1) is 14.6. The molecule has 0 fully saturated rings. The van der Waals surface area contributed by atoms with Gasteiger partial charge in [0.2, 0.25) is 5.91 Å². The molecular formula is C23H24N4O2S. The highest BCUT2D eigenvalue weighted by Gasteiger charge is 2.22. The van der Waals surface area contributed by atoms with E-state index in [-0.39, 0.29) is 18.9 Å². The van der Waals surface area contributed by atoms with Crippen molar-refractivity contribution in [2.75, 3.05) is 6.54 Å². The van der Waals surface area contributed by atoms with Crippen molar-refractivity contribution in [2.24, 2.45) is 0 Å². The van der Waals surface area contributed by atoms with Crippen molar-refractivity contribution in [1.82, 2.24) is 16.0 Å². The minimum absolute atomic E-state index is 0.222. The van der Waals surface area contributed by atoms with E-state index in [0.29, 0.717) is 13.0 Å². The number of fused-ring (bicyclic) bond motifs is 1. The minimum atomic E-state index is -0.736. The van der Waals surface area contributed by atoms with Crippen LogP contribution < -0.4 is 16.0 Å². The second kappa shape index (κ2) is 10.4. The first kappa shape index (κ1) is 21.3. The summed E-state index contributed by atoms with van der Waals surface area (Å²) in [6.07, 6.45) is 0.597. The lowest BCUT2D eigenvalue weighted by Gasteiger charge is -2.18. The summed E-state index contributed by atoms with van der Waals surface area (Å²) in [4.78, 5) is 25.1. The van der Waals surface area contributed by atoms with Crippen LogP contribution in [0.15, 0.2) is 53.9 Å². The van der Waals surface area contributed by atoms with Crippen LogP contribution in [0.4, 0.5) is 4.79 Å². The minimum Gasteiger partial charge on any atom is -0.353 e. The molecule has 6 nitrogen and oxygen atoms in total. The number of carbonyl (C=O) groups excluding carboxylic acids is 2. The number of nitriles is 1. The lowest BCUT2D eigenvalue weighted by Crippen LogP contribution is -2.51. The third-order valence-electron chi connectivity index (χ3n) is 4.72. The summed E-state index contributed by atoms with van der Waals surface area (Å²) in [6, 6.07) is 16.7. The van der Waals surface area contributed by atoms with Crippen molar-refractivity contribution in [3.05, 3.63) is 70.6 Å². The molecule has 0 bridgehead atoms. The van der Waals surface area contributed by atoms with E-state index in [9.17, 15) is 9.59 Å². The summed E-state index contributed by atoms with van der Waals surface area (Å²) in [5, 5.41) is 20.1. The van der Waals surface area contributed by atoms with Gasteiger partial charge in [0.25, 0.3) is 0 Å². The fourth-order valence-corrected chi connectivity index (χ4v) is 4.06. The van der Waals surface area contributed by atoms with Gasteiger partial charge >= 0.3 is 6.03 Å². The van der Waals surface area contributed by atoms with Gasteiger partial charge in [-0.2, -0.15) is 5.26 Å². The molecule has 0 saturated carbocycles. The molecule has 3 aromatic rings. The number of nitrogens with zero attached hydrogens (tertiary/aromatic N) is 1. The van der Waals surface area contributed by atoms with Gasteiger partial charge in [0.05, 0.1) is 12.5 Å². The Balaban J connectivity index is 1.67. The number of carbonyl (C=O) groups is 2. The third kappa shape index (κ3) is 5.82. The Morgan fingerprint density at radius 3 is 2.63 bits per heavy atom. The Morgan fingerprint density at radius 1 is 1.10 bits per heavy atom. The van der Waals surface area contributed by atoms with E-state index in [1.54, 1.807) is 11.3 Å². The fourth-order valence-electron chi connectivity index (χ4n) is 3.08. The largest absolute Gasteiger partial charge is 0.353 e. The molecule has 2 aromatic carbocycles. The summed E-state index contributed by atoms with van der Waals surface area (Å²) in [7, 11) is 0. The number of amides is 3. The van der Waals surface area contributed by atoms with Gasteiger partial charge in [-0.05, 0) is 34.9 Å². The number of benzene rings is 2. The lowest BCUT2D eigenvalue weighted by molar-refractivity contribution is -0.122. The molecule has 0 aliphatic carbocycles. The van der Waals surface area contributed by atoms with E-state index in [0.717, 1.165) is 26.8 Å². The van der Waals surface area contributed by atoms with Crippen LogP contribution in [-0.2, 0) is 17.8 Å². The highest BCUT2D eigenvalue weighted by molar-refractivity contribution is 7.17. The molecule has 1 atom stereocenters. The van der Waals surface area contributed by atoms with Crippen molar-refractivity contribution >= 4 is 33.4 Å². The number of nitrogens with one attached hydrogen (secondary N) is 3. The highest BCUT2D eigenvalue weighted by Crippen LogP contribution is 2.26. The van der Waals surface area contributed by atoms with Gasteiger partial charge in [-0.25, -0.2) is 4.79 Å². The molecule has 3 rings (SSSR count). The molecule has 0 spiro atoms. The smallest absolute Gasteiger partial charge is 0.315 e. The van der Waals surface area contributed by atoms with Crippen molar-refractivity contribution in [3.8, 4) is 6.07 Å². The number of hydrogen-bond acceptors (Lipinski definition) is 4. The fraction of sp³-hybridized carbons (Fsp3) is 0.261. The Hall–Kier alpha value is -3.37. The monoisotopic (exact) mass is 420 g/mol. The molecule has 0 aliphatic heterocycles. The van der Waals surface area contributed by atoms with Gasteiger partial charge in [-0.1, -0.05) is 48.0 Å². The Kier molecular flexibility index (Phi) is 7.41. The zero-order valence-corrected chi connectivity index (χ0v) is 17.6. The van der Waals surface area contributed by atoms with Crippen LogP contribution in [0, 0.1) is 18.3 Å². The number of rotatable bonds is 8. The first-order valence-electron chi connectivity index (χ1n) is 9.76. The number of aryl methyl sites for hydroxylation is 1. The van der Waals surface area contributed by atoms with Gasteiger partial charge in [0.15, 0.2) is 0 Å². The maximum atomic E-state index is 12.7. The lowest BCUT2D eigenvalue weighted by atomic mass is 10.0. The molecule has 1 aromatic heterocycles. The van der Waals surface area contributed by atoms with Crippen LogP contribution in [-0.4, -0.2) is 24.5 Å². The van der Waals surface area contributed by atoms with E-state index >= 15 is 0 Å². The average molecular weight is 421 g/mol. The molecule has 0 radical (unpaired) electrons. The second-order valence-electron chi connectivity index (χ2n) is 7.03.